The largest absolute Gasteiger partial charge is 0.543 e. The molecule has 0 saturated carbocycles. The number of nitrogens with one attached hydrogen (secondary N) is 1. The number of rotatable bonds is 7. The Morgan fingerprint density at radius 1 is 1.55 bits per heavy atom. The van der Waals surface area contributed by atoms with Gasteiger partial charge in [0.2, 0.25) is 17.1 Å². The second-order valence-corrected chi connectivity index (χ2v) is 9.47. The van der Waals surface area contributed by atoms with Crippen LogP contribution in [-0.4, -0.2) is 47.0 Å². The highest BCUT2D eigenvalue weighted by molar-refractivity contribution is 7.87. The van der Waals surface area contributed by atoms with Crippen LogP contribution in [0.4, 0.5) is 0 Å². The molecule has 1 fully saturated rings. The highest BCUT2D eigenvalue weighted by Gasteiger charge is 2.55. The van der Waals surface area contributed by atoms with Gasteiger partial charge in [-0.1, -0.05) is 11.3 Å². The molecular weight excluding hydrogens is 422 g/mol. The molecule has 4 heterocycles. The number of aliphatic hydroxyl groups excluding tert-OH is 1. The van der Waals surface area contributed by atoms with E-state index in [0.29, 0.717) is 17.7 Å². The van der Waals surface area contributed by atoms with Crippen LogP contribution in [-0.2, 0) is 32.9 Å². The van der Waals surface area contributed by atoms with E-state index in [4.69, 9.17) is 5.14 Å². The fraction of sp³-hybridized carbons (Fsp3) is 0.438. The first-order chi connectivity index (χ1) is 13.6. The summed E-state index contributed by atoms with van der Waals surface area (Å²) in [5.74, 6) is -2.43. The van der Waals surface area contributed by atoms with Crippen LogP contribution >= 0.6 is 11.3 Å². The summed E-state index contributed by atoms with van der Waals surface area (Å²) in [5.41, 5.74) is 1.08. The van der Waals surface area contributed by atoms with Gasteiger partial charge in [-0.2, -0.15) is 17.5 Å². The summed E-state index contributed by atoms with van der Waals surface area (Å²) in [7, 11) is -3.82. The number of carbonyl (C=O) groups excluding carboxylic acids is 2. The number of hydrogen-bond acceptors (Lipinski definition) is 7. The number of aliphatic carboxylic acids is 1. The van der Waals surface area contributed by atoms with E-state index < -0.39 is 34.1 Å². The Morgan fingerprint density at radius 3 is 2.90 bits per heavy atom. The van der Waals surface area contributed by atoms with Gasteiger partial charge in [-0.15, -0.1) is 0 Å². The van der Waals surface area contributed by atoms with E-state index in [2.05, 4.69) is 4.72 Å². The van der Waals surface area contributed by atoms with E-state index in [0.717, 1.165) is 4.83 Å². The van der Waals surface area contributed by atoms with Crippen molar-refractivity contribution in [2.75, 3.05) is 0 Å². The zero-order valence-corrected chi connectivity index (χ0v) is 16.9. The Balaban J connectivity index is 1.59. The molecule has 156 valence electrons. The van der Waals surface area contributed by atoms with E-state index in [1.54, 1.807) is 26.9 Å². The van der Waals surface area contributed by atoms with Crippen molar-refractivity contribution in [2.45, 2.75) is 38.6 Å². The maximum absolute atomic E-state index is 12.3. The number of imidazole rings is 1. The molecule has 0 aliphatic carbocycles. The standard InChI is InChI=1S/C16H19N5O6S2/c1-8(22)13-11-2-9(14(16(24)25)21(11)15(13)23)4-19-5-12-20(7-19)10(6-28-12)3-18-29(17,26)27/h5-8,11,13,18,22H,2-4H2,1H3,(H2-,17,24,25,26,27)/t8-,11-,13-/m1/s1. The number of aliphatic hydroxyl groups is 1. The molecule has 0 aromatic carbocycles. The molecule has 2 aromatic rings. The van der Waals surface area contributed by atoms with Gasteiger partial charge in [-0.05, 0) is 18.9 Å². The molecule has 0 unspecified atom stereocenters. The Labute approximate surface area is 169 Å². The van der Waals surface area contributed by atoms with Gasteiger partial charge in [0.15, 0.2) is 0 Å². The van der Waals surface area contributed by atoms with Crippen molar-refractivity contribution in [1.29, 1.82) is 0 Å². The van der Waals surface area contributed by atoms with Gasteiger partial charge in [0.1, 0.15) is 18.4 Å². The highest BCUT2D eigenvalue weighted by Crippen LogP contribution is 2.43. The number of hydrogen-bond donors (Lipinski definition) is 3. The first-order valence-corrected chi connectivity index (χ1v) is 11.2. The summed E-state index contributed by atoms with van der Waals surface area (Å²) < 4.78 is 28.0. The van der Waals surface area contributed by atoms with Gasteiger partial charge in [-0.3, -0.25) is 4.79 Å². The quantitative estimate of drug-likeness (QED) is 0.310. The van der Waals surface area contributed by atoms with Crippen molar-refractivity contribution in [1.82, 2.24) is 14.2 Å². The third-order valence-corrected chi connectivity index (χ3v) is 6.72. The molecule has 2 aliphatic rings. The number of β-lactam (4-membered cyclic amide) rings is 1. The number of nitrogens with two attached hydrogens (primary N) is 1. The lowest BCUT2D eigenvalue weighted by atomic mass is 9.83. The molecule has 4 rings (SSSR count). The monoisotopic (exact) mass is 441 g/mol. The zero-order chi connectivity index (χ0) is 21.1. The zero-order valence-electron chi connectivity index (χ0n) is 15.3. The molecule has 13 heteroatoms. The van der Waals surface area contributed by atoms with Gasteiger partial charge < -0.3 is 19.9 Å². The predicted molar refractivity (Wildman–Crippen MR) is 97.9 cm³/mol. The summed E-state index contributed by atoms with van der Waals surface area (Å²) in [5, 5.41) is 28.2. The second kappa shape index (κ2) is 6.88. The number of carbonyl (C=O) groups is 2. The first-order valence-electron chi connectivity index (χ1n) is 8.76. The van der Waals surface area contributed by atoms with Gasteiger partial charge in [0, 0.05) is 5.38 Å². The Morgan fingerprint density at radius 2 is 2.28 bits per heavy atom. The van der Waals surface area contributed by atoms with Gasteiger partial charge >= 0.3 is 0 Å². The molecule has 1 saturated heterocycles. The van der Waals surface area contributed by atoms with E-state index in [-0.39, 0.29) is 24.8 Å². The predicted octanol–water partition coefficient (Wildman–Crippen LogP) is -2.80. The summed E-state index contributed by atoms with van der Waals surface area (Å²) >= 11 is 1.39. The SMILES string of the molecule is C[C@@H](O)[C@H]1C(=O)N2C(C(=O)[O-])=C(Cn3cc4scc(CNS(N)(=O)=O)[n+]4c3)C[C@H]12. The van der Waals surface area contributed by atoms with Crippen molar-refractivity contribution in [3.63, 3.8) is 0 Å². The van der Waals surface area contributed by atoms with Gasteiger partial charge in [0.25, 0.3) is 10.2 Å². The second-order valence-electron chi connectivity index (χ2n) is 7.20. The lowest BCUT2D eigenvalue weighted by Gasteiger charge is -2.45. The number of carboxylic acid groups (broad SMARTS) is 1. The lowest BCUT2D eigenvalue weighted by molar-refractivity contribution is -0.518. The van der Waals surface area contributed by atoms with Crippen LogP contribution in [0.2, 0.25) is 0 Å². The Hall–Kier alpha value is -2.32. The van der Waals surface area contributed by atoms with Gasteiger partial charge in [-0.25, -0.2) is 9.71 Å². The third-order valence-electron chi connectivity index (χ3n) is 5.24. The molecule has 0 radical (unpaired) electrons. The van der Waals surface area contributed by atoms with Crippen molar-refractivity contribution in [3.8, 4) is 0 Å². The summed E-state index contributed by atoms with van der Waals surface area (Å²) in [4.78, 5) is 26.0. The highest BCUT2D eigenvalue weighted by atomic mass is 32.2. The summed E-state index contributed by atoms with van der Waals surface area (Å²) in [6.07, 6.45) is 3.01. The normalized spacial score (nSPS) is 22.9. The topological polar surface area (TPSA) is 162 Å². The average molecular weight is 441 g/mol. The van der Waals surface area contributed by atoms with Crippen molar-refractivity contribution < 1.29 is 32.6 Å². The summed E-state index contributed by atoms with van der Waals surface area (Å²) in [6.45, 7) is 1.76. The van der Waals surface area contributed by atoms with Crippen LogP contribution in [0.15, 0.2) is 29.2 Å². The Bertz CT molecular complexity index is 1150. The first kappa shape index (κ1) is 20.0. The molecular formula is C16H19N5O6S2. The van der Waals surface area contributed by atoms with Crippen molar-refractivity contribution in [3.05, 3.63) is 34.9 Å². The number of fused-ring (bicyclic) bond motifs is 2. The number of aromatic nitrogens is 2. The smallest absolute Gasteiger partial charge is 0.274 e. The number of amides is 1. The molecule has 29 heavy (non-hydrogen) atoms. The maximum Gasteiger partial charge on any atom is 0.274 e. The van der Waals surface area contributed by atoms with E-state index in [9.17, 15) is 28.2 Å². The minimum Gasteiger partial charge on any atom is -0.543 e. The van der Waals surface area contributed by atoms with Crippen LogP contribution < -0.4 is 19.4 Å². The molecule has 2 aliphatic heterocycles. The molecule has 1 amide bonds. The average Bonchev–Trinajstić information content (AvgIpc) is 3.23. The Kier molecular flexibility index (Phi) is 4.74. The van der Waals surface area contributed by atoms with Crippen LogP contribution in [0.5, 0.6) is 0 Å². The number of carboxylic acids is 1. The molecule has 0 spiro atoms. The van der Waals surface area contributed by atoms with E-state index in [1.165, 1.54) is 23.2 Å². The third kappa shape index (κ3) is 3.44. The molecule has 11 nitrogen and oxygen atoms in total. The fourth-order valence-corrected chi connectivity index (χ4v) is 5.31. The number of nitrogens with zero attached hydrogens (tertiary/aromatic N) is 3. The van der Waals surface area contributed by atoms with Crippen LogP contribution in [0, 0.1) is 5.92 Å². The number of thiazole rings is 1. The molecule has 0 bridgehead atoms. The van der Waals surface area contributed by atoms with E-state index >= 15 is 0 Å². The summed E-state index contributed by atoms with van der Waals surface area (Å²) in [6, 6.07) is -0.371. The molecule has 2 aromatic heterocycles. The van der Waals surface area contributed by atoms with E-state index in [1.807, 2.05) is 0 Å². The van der Waals surface area contributed by atoms with Crippen molar-refractivity contribution >= 4 is 38.3 Å². The molecule has 4 N–H and O–H groups in total. The van der Waals surface area contributed by atoms with Crippen LogP contribution in [0.3, 0.4) is 0 Å². The minimum absolute atomic E-state index is 0.0148. The van der Waals surface area contributed by atoms with Crippen LogP contribution in [0.1, 0.15) is 19.0 Å². The van der Waals surface area contributed by atoms with Crippen molar-refractivity contribution in [2.24, 2.45) is 11.1 Å². The van der Waals surface area contributed by atoms with Crippen LogP contribution in [0.25, 0.3) is 4.83 Å². The molecule has 3 atom stereocenters. The van der Waals surface area contributed by atoms with Gasteiger partial charge in [0.05, 0.1) is 36.3 Å². The minimum atomic E-state index is -3.82. The maximum atomic E-state index is 12.3. The lowest BCUT2D eigenvalue weighted by Crippen LogP contribution is -2.62. The fourth-order valence-electron chi connectivity index (χ4n) is 4.03.